The van der Waals surface area contributed by atoms with Gasteiger partial charge < -0.3 is 0 Å². The molecule has 1 heteroatoms. The first-order valence-corrected chi connectivity index (χ1v) is 2.71. The van der Waals surface area contributed by atoms with Crippen LogP contribution in [0.15, 0.2) is 24.5 Å². The number of rotatable bonds is 0. The van der Waals surface area contributed by atoms with Gasteiger partial charge in [0.15, 0.2) is 12.4 Å². The van der Waals surface area contributed by atoms with Crippen molar-refractivity contribution in [2.45, 2.75) is 14.4 Å². The maximum atomic E-state index is 2.08. The van der Waals surface area contributed by atoms with Gasteiger partial charge in [0.2, 0.25) is 0 Å². The van der Waals surface area contributed by atoms with Gasteiger partial charge in [0.1, 0.15) is 7.05 Å². The summed E-state index contributed by atoms with van der Waals surface area (Å²) in [4.78, 5) is 0. The largest absolute Gasteiger partial charge is 0.208 e. The molecule has 0 bridgehead atoms. The average Bonchev–Trinajstić information content (AvgIpc) is 1.77. The third-order valence-electron chi connectivity index (χ3n) is 1.15. The van der Waals surface area contributed by atoms with Crippen molar-refractivity contribution in [2.24, 2.45) is 7.05 Å². The third kappa shape index (κ3) is 2.27. The number of hydrogen-bond acceptors (Lipinski definition) is 0. The van der Waals surface area contributed by atoms with Crippen LogP contribution in [0.25, 0.3) is 0 Å². The Morgan fingerprint density at radius 1 is 1.22 bits per heavy atom. The van der Waals surface area contributed by atoms with Gasteiger partial charge in [0, 0.05) is 12.1 Å². The van der Waals surface area contributed by atoms with Crippen molar-refractivity contribution in [2.75, 3.05) is 0 Å². The Hall–Kier alpha value is -0.850. The Balaban J connectivity index is 0.000000640. The zero-order valence-electron chi connectivity index (χ0n) is 5.26. The molecule has 0 radical (unpaired) electrons. The molecule has 9 heavy (non-hydrogen) atoms. The Morgan fingerprint density at radius 3 is 2.00 bits per heavy atom. The van der Waals surface area contributed by atoms with Crippen LogP contribution in [0.1, 0.15) is 13.0 Å². The Labute approximate surface area is 57.0 Å². The summed E-state index contributed by atoms with van der Waals surface area (Å²) in [6, 6.07) is 4.17. The monoisotopic (exact) mass is 124 g/mol. The van der Waals surface area contributed by atoms with Crippen LogP contribution in [0.4, 0.5) is 0 Å². The number of aryl methyl sites for hydroxylation is 2. The molecule has 1 nitrogen and oxygen atoms in total. The summed E-state index contributed by atoms with van der Waals surface area (Å²) >= 11 is 0. The highest BCUT2D eigenvalue weighted by atomic mass is 14.9. The minimum atomic E-state index is 0. The molecular weight excluding hydrogens is 110 g/mol. The Bertz CT molecular complexity index is 143. The highest BCUT2D eigenvalue weighted by Crippen LogP contribution is 1.87. The van der Waals surface area contributed by atoms with Crippen LogP contribution in [0.3, 0.4) is 0 Å². The second-order valence-corrected chi connectivity index (χ2v) is 2.04. The van der Waals surface area contributed by atoms with E-state index >= 15 is 0 Å². The van der Waals surface area contributed by atoms with Crippen molar-refractivity contribution in [3.8, 4) is 0 Å². The lowest BCUT2D eigenvalue weighted by Crippen LogP contribution is -2.25. The molecule has 1 aromatic rings. The van der Waals surface area contributed by atoms with Crippen molar-refractivity contribution in [3.05, 3.63) is 30.1 Å². The lowest BCUT2D eigenvalue weighted by Gasteiger charge is -1.85. The second-order valence-electron chi connectivity index (χ2n) is 2.04. The topological polar surface area (TPSA) is 3.88 Å². The van der Waals surface area contributed by atoms with E-state index in [-0.39, 0.29) is 7.43 Å². The summed E-state index contributed by atoms with van der Waals surface area (Å²) in [5.41, 5.74) is 1.31. The van der Waals surface area contributed by atoms with E-state index in [0.29, 0.717) is 0 Å². The lowest BCUT2D eigenvalue weighted by atomic mass is 10.3. The van der Waals surface area contributed by atoms with E-state index in [1.807, 2.05) is 24.0 Å². The molecule has 0 aliphatic rings. The zero-order chi connectivity index (χ0) is 5.98. The van der Waals surface area contributed by atoms with Gasteiger partial charge in [-0.1, -0.05) is 7.43 Å². The van der Waals surface area contributed by atoms with Crippen LogP contribution < -0.4 is 4.57 Å². The summed E-state index contributed by atoms with van der Waals surface area (Å²) in [7, 11) is 2.01. The van der Waals surface area contributed by atoms with E-state index in [0.717, 1.165) is 0 Å². The molecule has 0 fully saturated rings. The molecule has 0 saturated carbocycles. The summed E-state index contributed by atoms with van der Waals surface area (Å²) in [6.45, 7) is 2.08. The number of nitrogens with zero attached hydrogens (tertiary/aromatic N) is 1. The van der Waals surface area contributed by atoms with Gasteiger partial charge in [0.25, 0.3) is 0 Å². The first-order valence-electron chi connectivity index (χ1n) is 2.71. The smallest absolute Gasteiger partial charge is 0.168 e. The maximum Gasteiger partial charge on any atom is 0.168 e. The van der Waals surface area contributed by atoms with Crippen molar-refractivity contribution >= 4 is 0 Å². The fourth-order valence-corrected chi connectivity index (χ4v) is 0.576. The van der Waals surface area contributed by atoms with Crippen LogP contribution in [0.5, 0.6) is 0 Å². The molecule has 0 spiro atoms. The van der Waals surface area contributed by atoms with Crippen molar-refractivity contribution < 1.29 is 4.57 Å². The van der Waals surface area contributed by atoms with Crippen LogP contribution in [-0.4, -0.2) is 0 Å². The molecule has 0 aliphatic carbocycles. The van der Waals surface area contributed by atoms with Gasteiger partial charge in [-0.05, 0) is 12.5 Å². The summed E-state index contributed by atoms with van der Waals surface area (Å²) < 4.78 is 2.02. The minimum absolute atomic E-state index is 0. The van der Waals surface area contributed by atoms with Crippen molar-refractivity contribution in [1.82, 2.24) is 0 Å². The maximum absolute atomic E-state index is 2.08. The second kappa shape index (κ2) is 3.23. The van der Waals surface area contributed by atoms with Crippen molar-refractivity contribution in [3.63, 3.8) is 0 Å². The van der Waals surface area contributed by atoms with E-state index < -0.39 is 0 Å². The third-order valence-corrected chi connectivity index (χ3v) is 1.15. The van der Waals surface area contributed by atoms with Gasteiger partial charge in [0.05, 0.1) is 0 Å². The van der Waals surface area contributed by atoms with Gasteiger partial charge in [-0.15, -0.1) is 0 Å². The van der Waals surface area contributed by atoms with Gasteiger partial charge in [-0.3, -0.25) is 0 Å². The van der Waals surface area contributed by atoms with Gasteiger partial charge >= 0.3 is 0 Å². The lowest BCUT2D eigenvalue weighted by molar-refractivity contribution is -0.671. The quantitative estimate of drug-likeness (QED) is 0.461. The fraction of sp³-hybridized carbons (Fsp3) is 0.375. The van der Waals surface area contributed by atoms with E-state index in [1.165, 1.54) is 5.56 Å². The molecule has 1 heterocycles. The van der Waals surface area contributed by atoms with Gasteiger partial charge in [-0.2, -0.15) is 0 Å². The molecule has 0 unspecified atom stereocenters. The predicted molar refractivity (Wildman–Crippen MR) is 39.1 cm³/mol. The number of aromatic nitrogens is 1. The fourth-order valence-electron chi connectivity index (χ4n) is 0.576. The van der Waals surface area contributed by atoms with Crippen LogP contribution in [0, 0.1) is 6.92 Å². The SMILES string of the molecule is C.Cc1cc[n+](C)cc1. The zero-order valence-corrected chi connectivity index (χ0v) is 5.26. The highest BCUT2D eigenvalue weighted by Gasteiger charge is 1.85. The highest BCUT2D eigenvalue weighted by molar-refractivity contribution is 5.02. The Morgan fingerprint density at radius 2 is 1.67 bits per heavy atom. The standard InChI is InChI=1S/C7H10N.CH4/c1-7-3-5-8(2)6-4-7;/h3-6H,1-2H3;1H4/q+1;. The van der Waals surface area contributed by atoms with Crippen LogP contribution >= 0.6 is 0 Å². The molecule has 0 aliphatic heterocycles. The molecule has 0 N–H and O–H groups in total. The van der Waals surface area contributed by atoms with Crippen LogP contribution in [-0.2, 0) is 7.05 Å². The van der Waals surface area contributed by atoms with Gasteiger partial charge in [-0.25, -0.2) is 4.57 Å². The van der Waals surface area contributed by atoms with Crippen LogP contribution in [0.2, 0.25) is 0 Å². The molecule has 0 atom stereocenters. The van der Waals surface area contributed by atoms with E-state index in [9.17, 15) is 0 Å². The molecule has 0 aromatic carbocycles. The molecule has 50 valence electrons. The molecular formula is C8H14N+. The first-order chi connectivity index (χ1) is 3.79. The first kappa shape index (κ1) is 8.15. The molecule has 1 aromatic heterocycles. The average molecular weight is 124 g/mol. The van der Waals surface area contributed by atoms with E-state index in [4.69, 9.17) is 0 Å². The summed E-state index contributed by atoms with van der Waals surface area (Å²) in [6.07, 6.45) is 4.07. The minimum Gasteiger partial charge on any atom is -0.208 e. The van der Waals surface area contributed by atoms with Crippen molar-refractivity contribution in [1.29, 1.82) is 0 Å². The number of hydrogen-bond donors (Lipinski definition) is 0. The van der Waals surface area contributed by atoms with E-state index in [2.05, 4.69) is 19.1 Å². The number of pyridine rings is 1. The predicted octanol–water partition coefficient (Wildman–Crippen LogP) is 1.46. The summed E-state index contributed by atoms with van der Waals surface area (Å²) in [5, 5.41) is 0. The Kier molecular flexibility index (Phi) is 2.93. The molecule has 0 saturated heterocycles. The van der Waals surface area contributed by atoms with E-state index in [1.54, 1.807) is 0 Å². The molecule has 1 rings (SSSR count). The molecule has 0 amide bonds. The summed E-state index contributed by atoms with van der Waals surface area (Å²) in [5.74, 6) is 0. The normalized spacial score (nSPS) is 8.22.